The van der Waals surface area contributed by atoms with Crippen molar-refractivity contribution in [1.82, 2.24) is 15.1 Å². The van der Waals surface area contributed by atoms with Crippen molar-refractivity contribution >= 4 is 29.5 Å². The van der Waals surface area contributed by atoms with Crippen LogP contribution >= 0.6 is 11.8 Å². The highest BCUT2D eigenvalue weighted by atomic mass is 32.2. The average Bonchev–Trinajstić information content (AvgIpc) is 3.27. The second-order valence-corrected chi connectivity index (χ2v) is 10.1. The Morgan fingerprint density at radius 2 is 1.77 bits per heavy atom. The summed E-state index contributed by atoms with van der Waals surface area (Å²) in [7, 11) is 1.58. The minimum absolute atomic E-state index is 0.0453. The summed E-state index contributed by atoms with van der Waals surface area (Å²) in [6, 6.07) is 15.6. The summed E-state index contributed by atoms with van der Waals surface area (Å²) >= 11 is 1.70. The van der Waals surface area contributed by atoms with Gasteiger partial charge in [-0.1, -0.05) is 18.2 Å². The molecule has 0 aliphatic carbocycles. The van der Waals surface area contributed by atoms with Crippen LogP contribution in [0.5, 0.6) is 5.75 Å². The van der Waals surface area contributed by atoms with Crippen LogP contribution in [0.2, 0.25) is 0 Å². The zero-order chi connectivity index (χ0) is 24.8. The molecule has 35 heavy (non-hydrogen) atoms. The van der Waals surface area contributed by atoms with Crippen molar-refractivity contribution in [2.24, 2.45) is 0 Å². The number of ether oxygens (including phenoxy) is 1. The summed E-state index contributed by atoms with van der Waals surface area (Å²) in [5, 5.41) is 3.17. The van der Waals surface area contributed by atoms with E-state index in [0.29, 0.717) is 56.8 Å². The van der Waals surface area contributed by atoms with Gasteiger partial charge in [-0.2, -0.15) is 0 Å². The van der Waals surface area contributed by atoms with Gasteiger partial charge >= 0.3 is 0 Å². The lowest BCUT2D eigenvalue weighted by Crippen LogP contribution is -2.51. The predicted octanol–water partition coefficient (Wildman–Crippen LogP) is 3.37. The van der Waals surface area contributed by atoms with Gasteiger partial charge in [0.15, 0.2) is 0 Å². The Kier molecular flexibility index (Phi) is 8.00. The fourth-order valence-corrected chi connectivity index (χ4v) is 5.33. The highest BCUT2D eigenvalue weighted by Crippen LogP contribution is 2.30. The minimum atomic E-state index is -0.377. The van der Waals surface area contributed by atoms with E-state index >= 15 is 0 Å². The molecule has 2 fully saturated rings. The second-order valence-electron chi connectivity index (χ2n) is 9.26. The Morgan fingerprint density at radius 1 is 1.06 bits per heavy atom. The molecule has 3 amide bonds. The first kappa shape index (κ1) is 25.1. The van der Waals surface area contributed by atoms with Gasteiger partial charge < -0.3 is 19.9 Å². The average molecular weight is 496 g/mol. The van der Waals surface area contributed by atoms with E-state index < -0.39 is 0 Å². The topological polar surface area (TPSA) is 79.0 Å². The van der Waals surface area contributed by atoms with Crippen LogP contribution in [0.25, 0.3) is 0 Å². The Balaban J connectivity index is 1.31. The molecule has 7 nitrogen and oxygen atoms in total. The molecular weight excluding hydrogens is 462 g/mol. The zero-order valence-electron chi connectivity index (χ0n) is 20.4. The van der Waals surface area contributed by atoms with Crippen LogP contribution in [0.1, 0.15) is 41.6 Å². The van der Waals surface area contributed by atoms with Crippen LogP contribution in [-0.2, 0) is 16.0 Å². The van der Waals surface area contributed by atoms with Gasteiger partial charge in [0.2, 0.25) is 11.8 Å². The molecule has 0 unspecified atom stereocenters. The molecule has 2 saturated heterocycles. The number of hydrogen-bond acceptors (Lipinski definition) is 5. The molecular formula is C27H33N3O4S. The third kappa shape index (κ3) is 6.17. The number of amides is 3. The molecule has 0 saturated carbocycles. The molecule has 8 heteroatoms. The molecule has 186 valence electrons. The maximum absolute atomic E-state index is 13.0. The Bertz CT molecular complexity index is 1070. The van der Waals surface area contributed by atoms with Crippen molar-refractivity contribution in [2.75, 3.05) is 39.5 Å². The quantitative estimate of drug-likeness (QED) is 0.568. The number of nitrogens with zero attached hydrogens (tertiary/aromatic N) is 2. The van der Waals surface area contributed by atoms with Crippen molar-refractivity contribution in [2.45, 2.75) is 42.5 Å². The fraction of sp³-hybridized carbons (Fsp3) is 0.444. The van der Waals surface area contributed by atoms with Crippen molar-refractivity contribution in [3.63, 3.8) is 0 Å². The Morgan fingerprint density at radius 3 is 2.40 bits per heavy atom. The van der Waals surface area contributed by atoms with Crippen molar-refractivity contribution < 1.29 is 19.1 Å². The van der Waals surface area contributed by atoms with E-state index in [-0.39, 0.29) is 23.3 Å². The van der Waals surface area contributed by atoms with E-state index in [2.05, 4.69) is 29.6 Å². The minimum Gasteiger partial charge on any atom is -0.497 e. The molecule has 0 spiro atoms. The van der Waals surface area contributed by atoms with Crippen LogP contribution < -0.4 is 10.1 Å². The Hall–Kier alpha value is -3.00. The molecule has 2 heterocycles. The van der Waals surface area contributed by atoms with E-state index in [9.17, 15) is 14.4 Å². The number of piperazine rings is 1. The predicted molar refractivity (Wildman–Crippen MR) is 137 cm³/mol. The molecule has 1 atom stereocenters. The van der Waals surface area contributed by atoms with Crippen molar-refractivity contribution in [3.05, 3.63) is 59.7 Å². The van der Waals surface area contributed by atoms with Gasteiger partial charge in [0.05, 0.1) is 7.11 Å². The summed E-state index contributed by atoms with van der Waals surface area (Å²) in [6.07, 6.45) is 5.02. The number of nitrogens with one attached hydrogen (secondary N) is 1. The fourth-order valence-electron chi connectivity index (χ4n) is 4.92. The van der Waals surface area contributed by atoms with Crippen LogP contribution in [0.15, 0.2) is 53.4 Å². The highest BCUT2D eigenvalue weighted by molar-refractivity contribution is 7.98. The molecule has 2 aliphatic heterocycles. The lowest BCUT2D eigenvalue weighted by atomic mass is 9.85. The van der Waals surface area contributed by atoms with Crippen LogP contribution in [0.4, 0.5) is 0 Å². The standard InChI is InChI=1S/C27H33N3O4S/c1-34-22-5-3-4-21(18-22)26(33)30-16-14-29(15-17-30)25(32)11-13-27(12-10-24(31)28-27)19-20-6-8-23(35-2)9-7-20/h3-9,18H,10-17,19H2,1-2H3,(H,28,31)/t27-/m1/s1. The van der Waals surface area contributed by atoms with E-state index in [1.807, 2.05) is 17.2 Å². The smallest absolute Gasteiger partial charge is 0.254 e. The molecule has 0 aromatic heterocycles. The zero-order valence-corrected chi connectivity index (χ0v) is 21.2. The molecule has 2 aromatic rings. The van der Waals surface area contributed by atoms with Crippen LogP contribution in [0.3, 0.4) is 0 Å². The van der Waals surface area contributed by atoms with Crippen LogP contribution in [0, 0.1) is 0 Å². The Labute approximate surface area is 211 Å². The van der Waals surface area contributed by atoms with E-state index in [1.54, 1.807) is 42.0 Å². The molecule has 4 rings (SSSR count). The van der Waals surface area contributed by atoms with Gasteiger partial charge in [0.1, 0.15) is 5.75 Å². The van der Waals surface area contributed by atoms with Crippen LogP contribution in [-0.4, -0.2) is 72.6 Å². The first-order valence-electron chi connectivity index (χ1n) is 12.1. The lowest BCUT2D eigenvalue weighted by molar-refractivity contribution is -0.133. The number of methoxy groups -OCH3 is 1. The molecule has 0 radical (unpaired) electrons. The SMILES string of the molecule is COc1cccc(C(=O)N2CCN(C(=O)CC[C@@]3(Cc4ccc(SC)cc4)CCC(=O)N3)CC2)c1. The first-order valence-corrected chi connectivity index (χ1v) is 13.3. The summed E-state index contributed by atoms with van der Waals surface area (Å²) < 4.78 is 5.22. The third-order valence-electron chi connectivity index (χ3n) is 6.99. The van der Waals surface area contributed by atoms with E-state index in [0.717, 1.165) is 12.8 Å². The van der Waals surface area contributed by atoms with Crippen molar-refractivity contribution in [3.8, 4) is 5.75 Å². The van der Waals surface area contributed by atoms with Gasteiger partial charge in [0.25, 0.3) is 5.91 Å². The van der Waals surface area contributed by atoms with Gasteiger partial charge in [-0.25, -0.2) is 0 Å². The number of rotatable bonds is 8. The number of benzene rings is 2. The molecule has 2 aliphatic rings. The lowest BCUT2D eigenvalue weighted by Gasteiger charge is -2.36. The molecule has 1 N–H and O–H groups in total. The number of carbonyl (C=O) groups excluding carboxylic acids is 3. The molecule has 2 aromatic carbocycles. The highest BCUT2D eigenvalue weighted by Gasteiger charge is 2.38. The van der Waals surface area contributed by atoms with E-state index in [1.165, 1.54) is 10.5 Å². The molecule has 0 bridgehead atoms. The number of thioether (sulfide) groups is 1. The van der Waals surface area contributed by atoms with Gasteiger partial charge in [-0.3, -0.25) is 14.4 Å². The normalized spacial score (nSPS) is 20.0. The summed E-state index contributed by atoms with van der Waals surface area (Å²) in [6.45, 7) is 2.05. The summed E-state index contributed by atoms with van der Waals surface area (Å²) in [4.78, 5) is 42.8. The largest absolute Gasteiger partial charge is 0.497 e. The summed E-state index contributed by atoms with van der Waals surface area (Å²) in [5.41, 5.74) is 1.38. The van der Waals surface area contributed by atoms with E-state index in [4.69, 9.17) is 4.74 Å². The maximum Gasteiger partial charge on any atom is 0.254 e. The van der Waals surface area contributed by atoms with Gasteiger partial charge in [0, 0.05) is 55.0 Å². The number of carbonyl (C=O) groups is 3. The van der Waals surface area contributed by atoms with Gasteiger partial charge in [-0.15, -0.1) is 11.8 Å². The van der Waals surface area contributed by atoms with Gasteiger partial charge in [-0.05, 0) is 61.4 Å². The monoisotopic (exact) mass is 495 g/mol. The summed E-state index contributed by atoms with van der Waals surface area (Å²) in [5.74, 6) is 0.744. The number of hydrogen-bond donors (Lipinski definition) is 1. The maximum atomic E-state index is 13.0. The third-order valence-corrected chi connectivity index (χ3v) is 7.73. The van der Waals surface area contributed by atoms with Crippen molar-refractivity contribution in [1.29, 1.82) is 0 Å². The first-order chi connectivity index (χ1) is 16.9. The second kappa shape index (κ2) is 11.2.